The van der Waals surface area contributed by atoms with Crippen LogP contribution in [0.4, 0.5) is 10.6 Å². The van der Waals surface area contributed by atoms with Crippen LogP contribution < -0.4 is 10.2 Å². The summed E-state index contributed by atoms with van der Waals surface area (Å²) in [6, 6.07) is 5.30. The normalized spacial score (nSPS) is 14.8. The number of aromatic nitrogens is 1. The van der Waals surface area contributed by atoms with E-state index in [9.17, 15) is 14.9 Å². The second kappa shape index (κ2) is 11.0. The number of anilines is 1. The number of hydrogen-bond acceptors (Lipinski definition) is 5. The molecule has 0 aliphatic carbocycles. The molecule has 1 aromatic rings. The van der Waals surface area contributed by atoms with Crippen molar-refractivity contribution in [2.75, 3.05) is 11.4 Å². The third kappa shape index (κ3) is 6.05. The third-order valence-corrected chi connectivity index (χ3v) is 4.35. The van der Waals surface area contributed by atoms with Crippen molar-refractivity contribution in [3.8, 4) is 6.07 Å². The molecule has 2 amide bonds. The molecule has 0 unspecified atom stereocenters. The van der Waals surface area contributed by atoms with Gasteiger partial charge in [-0.1, -0.05) is 19.1 Å². The number of urea groups is 1. The molecule has 30 heavy (non-hydrogen) atoms. The lowest BCUT2D eigenvalue weighted by atomic mass is 10.1. The summed E-state index contributed by atoms with van der Waals surface area (Å²) in [6.45, 7) is 7.98. The summed E-state index contributed by atoms with van der Waals surface area (Å²) >= 11 is 0. The van der Waals surface area contributed by atoms with Gasteiger partial charge in [0.1, 0.15) is 23.3 Å². The summed E-state index contributed by atoms with van der Waals surface area (Å²) in [5, 5.41) is 12.3. The highest BCUT2D eigenvalue weighted by Gasteiger charge is 2.24. The lowest BCUT2D eigenvalue weighted by Gasteiger charge is -2.28. The van der Waals surface area contributed by atoms with Gasteiger partial charge in [-0.2, -0.15) is 5.26 Å². The molecule has 0 saturated carbocycles. The number of aryl methyl sites for hydroxylation is 1. The Balaban J connectivity index is 2.28. The van der Waals surface area contributed by atoms with Crippen molar-refractivity contribution in [1.82, 2.24) is 10.3 Å². The molecule has 2 rings (SSSR count). The Morgan fingerprint density at radius 2 is 2.20 bits per heavy atom. The van der Waals surface area contributed by atoms with Crippen molar-refractivity contribution < 1.29 is 14.3 Å². The number of pyridine rings is 1. The Bertz CT molecular complexity index is 923. The van der Waals surface area contributed by atoms with Crippen LogP contribution in [0.15, 0.2) is 47.4 Å². The molecule has 7 nitrogen and oxygen atoms in total. The second-order valence-corrected chi connectivity index (χ2v) is 7.22. The Hall–Kier alpha value is -3.40. The van der Waals surface area contributed by atoms with Gasteiger partial charge in [-0.15, -0.1) is 0 Å². The van der Waals surface area contributed by atoms with Gasteiger partial charge in [0.15, 0.2) is 6.29 Å². The number of nitrogens with one attached hydrogen (secondary N) is 1. The summed E-state index contributed by atoms with van der Waals surface area (Å²) in [5.41, 5.74) is 2.15. The van der Waals surface area contributed by atoms with Crippen LogP contribution in [-0.2, 0) is 11.2 Å². The molecule has 0 aromatic carbocycles. The predicted octanol–water partition coefficient (Wildman–Crippen LogP) is 4.43. The molecule has 1 aliphatic heterocycles. The van der Waals surface area contributed by atoms with Gasteiger partial charge in [-0.3, -0.25) is 9.69 Å². The molecule has 0 fully saturated rings. The van der Waals surface area contributed by atoms with Gasteiger partial charge in [-0.05, 0) is 57.7 Å². The van der Waals surface area contributed by atoms with Gasteiger partial charge in [0.25, 0.3) is 0 Å². The SMILES string of the molecule is CC/C=C/C(C#N)=C(\C=C(/C)NC(=O)N1CCCc2ccc(C=O)nc21)OC(C)C. The zero-order valence-corrected chi connectivity index (χ0v) is 17.9. The smallest absolute Gasteiger partial charge is 0.327 e. The first kappa shape index (κ1) is 22.9. The van der Waals surface area contributed by atoms with Crippen molar-refractivity contribution in [1.29, 1.82) is 5.26 Å². The first-order chi connectivity index (χ1) is 14.4. The minimum atomic E-state index is -0.341. The zero-order chi connectivity index (χ0) is 22.1. The van der Waals surface area contributed by atoms with E-state index in [4.69, 9.17) is 4.74 Å². The van der Waals surface area contributed by atoms with Crippen LogP contribution in [0.25, 0.3) is 0 Å². The number of hydrogen-bond donors (Lipinski definition) is 1. The number of aldehydes is 1. The molecule has 7 heteroatoms. The zero-order valence-electron chi connectivity index (χ0n) is 17.9. The van der Waals surface area contributed by atoms with Gasteiger partial charge in [0, 0.05) is 18.3 Å². The molecule has 0 radical (unpaired) electrons. The number of amides is 2. The molecule has 0 bridgehead atoms. The van der Waals surface area contributed by atoms with E-state index in [2.05, 4.69) is 16.4 Å². The molecule has 0 atom stereocenters. The predicted molar refractivity (Wildman–Crippen MR) is 116 cm³/mol. The highest BCUT2D eigenvalue weighted by Crippen LogP contribution is 2.25. The van der Waals surface area contributed by atoms with Gasteiger partial charge in [0.05, 0.1) is 11.7 Å². The average Bonchev–Trinajstić information content (AvgIpc) is 2.72. The number of ether oxygens (including phenoxy) is 1. The maximum atomic E-state index is 12.9. The highest BCUT2D eigenvalue weighted by molar-refractivity contribution is 5.93. The van der Waals surface area contributed by atoms with Crippen LogP contribution in [-0.4, -0.2) is 29.9 Å². The van der Waals surface area contributed by atoms with E-state index >= 15 is 0 Å². The number of allylic oxidation sites excluding steroid dienone is 5. The van der Waals surface area contributed by atoms with Crippen molar-refractivity contribution in [2.45, 2.75) is 53.1 Å². The number of nitrogens with zero attached hydrogens (tertiary/aromatic N) is 3. The molecule has 1 N–H and O–H groups in total. The average molecular weight is 409 g/mol. The monoisotopic (exact) mass is 408 g/mol. The number of fused-ring (bicyclic) bond motifs is 1. The molecular formula is C23H28N4O3. The number of rotatable bonds is 7. The highest BCUT2D eigenvalue weighted by atomic mass is 16.5. The van der Waals surface area contributed by atoms with E-state index in [1.54, 1.807) is 25.1 Å². The quantitative estimate of drug-likeness (QED) is 0.312. The van der Waals surface area contributed by atoms with E-state index in [1.807, 2.05) is 32.9 Å². The maximum absolute atomic E-state index is 12.9. The van der Waals surface area contributed by atoms with Crippen LogP contribution in [0.3, 0.4) is 0 Å². The Kier molecular flexibility index (Phi) is 8.36. The van der Waals surface area contributed by atoms with E-state index in [1.165, 1.54) is 4.90 Å². The number of nitriles is 1. The van der Waals surface area contributed by atoms with E-state index in [0.717, 1.165) is 24.8 Å². The Morgan fingerprint density at radius 1 is 1.43 bits per heavy atom. The molecule has 0 spiro atoms. The minimum Gasteiger partial charge on any atom is -0.490 e. The Morgan fingerprint density at radius 3 is 2.83 bits per heavy atom. The van der Waals surface area contributed by atoms with Gasteiger partial charge in [-0.25, -0.2) is 9.78 Å². The lowest BCUT2D eigenvalue weighted by Crippen LogP contribution is -2.42. The first-order valence-electron chi connectivity index (χ1n) is 10.1. The Labute approximate surface area is 177 Å². The first-order valence-corrected chi connectivity index (χ1v) is 10.1. The fraction of sp³-hybridized carbons (Fsp3) is 0.391. The van der Waals surface area contributed by atoms with E-state index in [0.29, 0.717) is 35.7 Å². The van der Waals surface area contributed by atoms with Crippen molar-refractivity contribution in [2.24, 2.45) is 0 Å². The summed E-state index contributed by atoms with van der Waals surface area (Å²) < 4.78 is 5.80. The van der Waals surface area contributed by atoms with Crippen LogP contribution in [0.1, 0.15) is 56.6 Å². The van der Waals surface area contributed by atoms with Crippen LogP contribution in [0.2, 0.25) is 0 Å². The molecular weight excluding hydrogens is 380 g/mol. The van der Waals surface area contributed by atoms with Crippen molar-refractivity contribution in [3.63, 3.8) is 0 Å². The fourth-order valence-electron chi connectivity index (χ4n) is 3.03. The van der Waals surface area contributed by atoms with Crippen molar-refractivity contribution in [3.05, 3.63) is 58.6 Å². The number of carbonyl (C=O) groups excluding carboxylic acids is 2. The van der Waals surface area contributed by atoms with Crippen LogP contribution in [0, 0.1) is 11.3 Å². The van der Waals surface area contributed by atoms with Crippen molar-refractivity contribution >= 4 is 18.1 Å². The fourth-order valence-corrected chi connectivity index (χ4v) is 3.03. The van der Waals surface area contributed by atoms with Gasteiger partial charge >= 0.3 is 6.03 Å². The molecule has 1 aliphatic rings. The molecule has 158 valence electrons. The maximum Gasteiger partial charge on any atom is 0.327 e. The van der Waals surface area contributed by atoms with Gasteiger partial charge in [0.2, 0.25) is 0 Å². The molecule has 2 heterocycles. The third-order valence-electron chi connectivity index (χ3n) is 4.35. The number of carbonyl (C=O) groups is 2. The van der Waals surface area contributed by atoms with Crippen LogP contribution in [0.5, 0.6) is 0 Å². The molecule has 1 aromatic heterocycles. The largest absolute Gasteiger partial charge is 0.490 e. The van der Waals surface area contributed by atoms with Gasteiger partial charge < -0.3 is 10.1 Å². The second-order valence-electron chi connectivity index (χ2n) is 7.22. The topological polar surface area (TPSA) is 95.3 Å². The lowest BCUT2D eigenvalue weighted by molar-refractivity contribution is 0.111. The standard InChI is InChI=1S/C23H28N4O3/c1-5-6-8-19(14-24)21(30-16(2)3)13-17(4)25-23(29)27-12-7-9-18-10-11-20(15-28)26-22(18)27/h6,8,10-11,13,15-16H,5,7,9,12H2,1-4H3,(H,25,29)/b8-6+,17-13+,21-19-. The van der Waals surface area contributed by atoms with E-state index in [-0.39, 0.29) is 17.8 Å². The summed E-state index contributed by atoms with van der Waals surface area (Å²) in [5.74, 6) is 0.907. The van der Waals surface area contributed by atoms with E-state index < -0.39 is 0 Å². The summed E-state index contributed by atoms with van der Waals surface area (Å²) in [7, 11) is 0. The summed E-state index contributed by atoms with van der Waals surface area (Å²) in [6.07, 6.45) is 8.21. The van der Waals surface area contributed by atoms with Crippen LogP contribution >= 0.6 is 0 Å². The molecule has 0 saturated heterocycles. The minimum absolute atomic E-state index is 0.127. The summed E-state index contributed by atoms with van der Waals surface area (Å²) in [4.78, 5) is 29.8.